The molecule has 4 nitrogen and oxygen atoms in total. The molecule has 0 bridgehead atoms. The molecule has 21 heavy (non-hydrogen) atoms. The molecule has 0 aliphatic rings. The quantitative estimate of drug-likeness (QED) is 0.776. The molecular formula is C17H18N2O2. The van der Waals surface area contributed by atoms with Crippen molar-refractivity contribution in [2.45, 2.75) is 13.5 Å². The summed E-state index contributed by atoms with van der Waals surface area (Å²) in [5.41, 5.74) is 3.77. The van der Waals surface area contributed by atoms with E-state index >= 15 is 0 Å². The summed E-state index contributed by atoms with van der Waals surface area (Å²) in [5, 5.41) is 3.13. The second-order valence-corrected chi connectivity index (χ2v) is 4.81. The fourth-order valence-corrected chi connectivity index (χ4v) is 2.29. The molecule has 0 radical (unpaired) electrons. The lowest BCUT2D eigenvalue weighted by molar-refractivity contribution is 0.340. The molecule has 2 aromatic carbocycles. The summed E-state index contributed by atoms with van der Waals surface area (Å²) >= 11 is 0. The van der Waals surface area contributed by atoms with E-state index in [1.807, 2.05) is 50.4 Å². The SMILES string of the molecule is CCOc1cccc(-c2nc3ccc(CNC)cc3o2)c1. The van der Waals surface area contributed by atoms with Crippen LogP contribution in [0, 0.1) is 0 Å². The molecule has 0 fully saturated rings. The van der Waals surface area contributed by atoms with Crippen LogP contribution in [0.3, 0.4) is 0 Å². The maximum atomic E-state index is 5.88. The molecule has 0 atom stereocenters. The Labute approximate surface area is 123 Å². The first-order valence-corrected chi connectivity index (χ1v) is 7.07. The van der Waals surface area contributed by atoms with Gasteiger partial charge < -0.3 is 14.5 Å². The molecule has 3 aromatic rings. The van der Waals surface area contributed by atoms with Crippen LogP contribution in [0.2, 0.25) is 0 Å². The standard InChI is InChI=1S/C17H18N2O2/c1-3-20-14-6-4-5-13(10-14)17-19-15-8-7-12(11-18-2)9-16(15)21-17/h4-10,18H,3,11H2,1-2H3. The second kappa shape index (κ2) is 5.97. The third kappa shape index (κ3) is 2.90. The molecule has 0 amide bonds. The Morgan fingerprint density at radius 1 is 1.19 bits per heavy atom. The number of nitrogens with zero attached hydrogens (tertiary/aromatic N) is 1. The number of benzene rings is 2. The van der Waals surface area contributed by atoms with Crippen LogP contribution in [0.1, 0.15) is 12.5 Å². The van der Waals surface area contributed by atoms with Crippen molar-refractivity contribution >= 4 is 11.1 Å². The van der Waals surface area contributed by atoms with Gasteiger partial charge >= 0.3 is 0 Å². The zero-order valence-electron chi connectivity index (χ0n) is 12.2. The third-order valence-electron chi connectivity index (χ3n) is 3.23. The highest BCUT2D eigenvalue weighted by molar-refractivity contribution is 5.77. The summed E-state index contributed by atoms with van der Waals surface area (Å²) in [6.07, 6.45) is 0. The van der Waals surface area contributed by atoms with Gasteiger partial charge in [0.25, 0.3) is 0 Å². The molecule has 108 valence electrons. The summed E-state index contributed by atoms with van der Waals surface area (Å²) in [7, 11) is 1.93. The molecule has 0 saturated carbocycles. The molecule has 0 aliphatic carbocycles. The zero-order valence-corrected chi connectivity index (χ0v) is 12.2. The number of nitrogens with one attached hydrogen (secondary N) is 1. The molecule has 1 N–H and O–H groups in total. The van der Waals surface area contributed by atoms with E-state index in [-0.39, 0.29) is 0 Å². The van der Waals surface area contributed by atoms with Crippen molar-refractivity contribution in [1.29, 1.82) is 0 Å². The van der Waals surface area contributed by atoms with Crippen LogP contribution < -0.4 is 10.1 Å². The van der Waals surface area contributed by atoms with E-state index in [1.54, 1.807) is 0 Å². The highest BCUT2D eigenvalue weighted by Crippen LogP contribution is 2.27. The summed E-state index contributed by atoms with van der Waals surface area (Å²) in [4.78, 5) is 4.54. The van der Waals surface area contributed by atoms with Gasteiger partial charge in [-0.3, -0.25) is 0 Å². The Hall–Kier alpha value is -2.33. The average molecular weight is 282 g/mol. The van der Waals surface area contributed by atoms with E-state index in [4.69, 9.17) is 9.15 Å². The molecular weight excluding hydrogens is 264 g/mol. The lowest BCUT2D eigenvalue weighted by Crippen LogP contribution is -2.04. The Balaban J connectivity index is 1.98. The monoisotopic (exact) mass is 282 g/mol. The minimum absolute atomic E-state index is 0.619. The summed E-state index contributed by atoms with van der Waals surface area (Å²) in [6.45, 7) is 3.42. The zero-order chi connectivity index (χ0) is 14.7. The summed E-state index contributed by atoms with van der Waals surface area (Å²) < 4.78 is 11.4. The number of aromatic nitrogens is 1. The van der Waals surface area contributed by atoms with E-state index in [1.165, 1.54) is 5.56 Å². The van der Waals surface area contributed by atoms with E-state index in [9.17, 15) is 0 Å². The van der Waals surface area contributed by atoms with Crippen molar-refractivity contribution in [1.82, 2.24) is 10.3 Å². The highest BCUT2D eigenvalue weighted by Gasteiger charge is 2.09. The van der Waals surface area contributed by atoms with Gasteiger partial charge in [-0.15, -0.1) is 0 Å². The fraction of sp³-hybridized carbons (Fsp3) is 0.235. The Morgan fingerprint density at radius 3 is 2.90 bits per heavy atom. The van der Waals surface area contributed by atoms with Crippen molar-refractivity contribution in [3.05, 3.63) is 48.0 Å². The topological polar surface area (TPSA) is 47.3 Å². The van der Waals surface area contributed by atoms with Crippen LogP contribution in [0.15, 0.2) is 46.9 Å². The Bertz CT molecular complexity index is 749. The lowest BCUT2D eigenvalue weighted by Gasteiger charge is -2.03. The smallest absolute Gasteiger partial charge is 0.227 e. The van der Waals surface area contributed by atoms with E-state index in [2.05, 4.69) is 16.4 Å². The number of rotatable bonds is 5. The van der Waals surface area contributed by atoms with Crippen LogP contribution in [0.25, 0.3) is 22.6 Å². The van der Waals surface area contributed by atoms with Crippen LogP contribution in [-0.4, -0.2) is 18.6 Å². The predicted octanol–water partition coefficient (Wildman–Crippen LogP) is 3.61. The maximum absolute atomic E-state index is 5.88. The summed E-state index contributed by atoms with van der Waals surface area (Å²) in [5.74, 6) is 1.45. The van der Waals surface area contributed by atoms with Gasteiger partial charge in [-0.25, -0.2) is 4.98 Å². The van der Waals surface area contributed by atoms with E-state index in [0.717, 1.165) is 29.0 Å². The van der Waals surface area contributed by atoms with Gasteiger partial charge in [-0.1, -0.05) is 12.1 Å². The number of hydrogen-bond acceptors (Lipinski definition) is 4. The first-order valence-electron chi connectivity index (χ1n) is 7.07. The minimum atomic E-state index is 0.619. The molecule has 0 unspecified atom stereocenters. The van der Waals surface area contributed by atoms with Crippen LogP contribution in [-0.2, 0) is 6.54 Å². The van der Waals surface area contributed by atoms with Gasteiger partial charge in [0.1, 0.15) is 11.3 Å². The number of oxazole rings is 1. The minimum Gasteiger partial charge on any atom is -0.494 e. The highest BCUT2D eigenvalue weighted by atomic mass is 16.5. The van der Waals surface area contributed by atoms with Crippen LogP contribution >= 0.6 is 0 Å². The van der Waals surface area contributed by atoms with Crippen molar-refractivity contribution in [3.63, 3.8) is 0 Å². The second-order valence-electron chi connectivity index (χ2n) is 4.81. The van der Waals surface area contributed by atoms with Crippen LogP contribution in [0.5, 0.6) is 5.75 Å². The molecule has 1 aromatic heterocycles. The fourth-order valence-electron chi connectivity index (χ4n) is 2.29. The van der Waals surface area contributed by atoms with Gasteiger partial charge in [-0.2, -0.15) is 0 Å². The van der Waals surface area contributed by atoms with Gasteiger partial charge in [0.05, 0.1) is 6.61 Å². The number of fused-ring (bicyclic) bond motifs is 1. The molecule has 0 aliphatic heterocycles. The Kier molecular flexibility index (Phi) is 3.88. The van der Waals surface area contributed by atoms with Crippen molar-refractivity contribution in [2.75, 3.05) is 13.7 Å². The largest absolute Gasteiger partial charge is 0.494 e. The average Bonchev–Trinajstić information content (AvgIpc) is 2.91. The molecule has 4 heteroatoms. The van der Waals surface area contributed by atoms with Gasteiger partial charge in [0, 0.05) is 12.1 Å². The van der Waals surface area contributed by atoms with E-state index < -0.39 is 0 Å². The first-order chi connectivity index (χ1) is 10.3. The van der Waals surface area contributed by atoms with Gasteiger partial charge in [-0.05, 0) is 49.9 Å². The van der Waals surface area contributed by atoms with Crippen LogP contribution in [0.4, 0.5) is 0 Å². The number of ether oxygens (including phenoxy) is 1. The molecule has 0 saturated heterocycles. The third-order valence-corrected chi connectivity index (χ3v) is 3.23. The molecule has 0 spiro atoms. The number of hydrogen-bond donors (Lipinski definition) is 1. The molecule has 1 heterocycles. The maximum Gasteiger partial charge on any atom is 0.227 e. The van der Waals surface area contributed by atoms with Crippen molar-refractivity contribution in [3.8, 4) is 17.2 Å². The Morgan fingerprint density at radius 2 is 2.10 bits per heavy atom. The normalized spacial score (nSPS) is 11.0. The predicted molar refractivity (Wildman–Crippen MR) is 83.4 cm³/mol. The van der Waals surface area contributed by atoms with Crippen molar-refractivity contribution in [2.24, 2.45) is 0 Å². The van der Waals surface area contributed by atoms with Gasteiger partial charge in [0.15, 0.2) is 5.58 Å². The van der Waals surface area contributed by atoms with Crippen molar-refractivity contribution < 1.29 is 9.15 Å². The van der Waals surface area contributed by atoms with E-state index in [0.29, 0.717) is 12.5 Å². The molecule has 3 rings (SSSR count). The van der Waals surface area contributed by atoms with Gasteiger partial charge in [0.2, 0.25) is 5.89 Å². The summed E-state index contributed by atoms with van der Waals surface area (Å²) in [6, 6.07) is 13.9. The lowest BCUT2D eigenvalue weighted by atomic mass is 10.2. The first kappa shape index (κ1) is 13.6.